The lowest BCUT2D eigenvalue weighted by Gasteiger charge is -2.22. The van der Waals surface area contributed by atoms with E-state index >= 15 is 0 Å². The number of nitrogens with two attached hydrogens (primary N) is 1. The molecule has 1 nitrogen and oxygen atoms in total. The molecule has 48 valence electrons. The maximum atomic E-state index is 5.92. The van der Waals surface area contributed by atoms with Crippen LogP contribution < -0.4 is 5.73 Å². The largest absolute Gasteiger partial charge is 0.325 e. The smallest absolute Gasteiger partial charge is 0.0151 e. The highest BCUT2D eigenvalue weighted by Gasteiger charge is 2.30. The zero-order valence-electron chi connectivity index (χ0n) is 5.78. The minimum atomic E-state index is 0.153. The summed E-state index contributed by atoms with van der Waals surface area (Å²) in [5.74, 6) is 0.738. The molecule has 0 aliphatic heterocycles. The fourth-order valence-corrected chi connectivity index (χ4v) is 1.37. The Morgan fingerprint density at radius 3 is 2.38 bits per heavy atom. The first-order valence-electron chi connectivity index (χ1n) is 3.42. The van der Waals surface area contributed by atoms with Crippen LogP contribution in [0.4, 0.5) is 0 Å². The highest BCUT2D eigenvalue weighted by Crippen LogP contribution is 2.32. The van der Waals surface area contributed by atoms with Gasteiger partial charge in [-0.2, -0.15) is 0 Å². The molecule has 0 aromatic heterocycles. The van der Waals surface area contributed by atoms with Crippen LogP contribution in [-0.4, -0.2) is 5.54 Å². The molecule has 0 radical (unpaired) electrons. The fraction of sp³-hybridized carbons (Fsp3) is 1.00. The molecule has 1 rings (SSSR count). The van der Waals surface area contributed by atoms with E-state index in [9.17, 15) is 0 Å². The molecule has 0 spiro atoms. The van der Waals surface area contributed by atoms with E-state index in [1.807, 2.05) is 0 Å². The van der Waals surface area contributed by atoms with Crippen LogP contribution in [0.3, 0.4) is 0 Å². The molecule has 1 aliphatic rings. The summed E-state index contributed by atoms with van der Waals surface area (Å²) in [4.78, 5) is 0. The van der Waals surface area contributed by atoms with E-state index in [2.05, 4.69) is 13.8 Å². The molecule has 0 aromatic carbocycles. The van der Waals surface area contributed by atoms with Crippen LogP contribution in [0.15, 0.2) is 0 Å². The van der Waals surface area contributed by atoms with Crippen molar-refractivity contribution in [3.05, 3.63) is 0 Å². The Hall–Kier alpha value is -0.0400. The van der Waals surface area contributed by atoms with Crippen molar-refractivity contribution in [3.8, 4) is 0 Å². The summed E-state index contributed by atoms with van der Waals surface area (Å²) in [6.07, 6.45) is 3.87. The van der Waals surface area contributed by atoms with Gasteiger partial charge in [0, 0.05) is 5.54 Å². The minimum Gasteiger partial charge on any atom is -0.325 e. The van der Waals surface area contributed by atoms with E-state index in [0.717, 1.165) is 5.92 Å². The second-order valence-corrected chi connectivity index (χ2v) is 3.30. The molecule has 1 unspecified atom stereocenters. The lowest BCUT2D eigenvalue weighted by atomic mass is 9.92. The average molecular weight is 113 g/mol. The molecule has 1 heteroatoms. The van der Waals surface area contributed by atoms with Gasteiger partial charge in [0.1, 0.15) is 0 Å². The lowest BCUT2D eigenvalue weighted by molar-refractivity contribution is 0.373. The maximum absolute atomic E-state index is 5.92. The molecule has 2 N–H and O–H groups in total. The van der Waals surface area contributed by atoms with E-state index < -0.39 is 0 Å². The normalized spacial score (nSPS) is 47.6. The van der Waals surface area contributed by atoms with Gasteiger partial charge in [0.05, 0.1) is 0 Å². The summed E-state index contributed by atoms with van der Waals surface area (Å²) in [7, 11) is 0. The summed E-state index contributed by atoms with van der Waals surface area (Å²) >= 11 is 0. The minimum absolute atomic E-state index is 0.153. The SMILES string of the molecule is CC1CCC[C@]1(C)N. The molecule has 0 saturated heterocycles. The molecule has 1 aliphatic carbocycles. The highest BCUT2D eigenvalue weighted by atomic mass is 14.7. The zero-order valence-corrected chi connectivity index (χ0v) is 5.78. The number of rotatable bonds is 0. The molecule has 1 fully saturated rings. The van der Waals surface area contributed by atoms with E-state index in [1.165, 1.54) is 19.3 Å². The van der Waals surface area contributed by atoms with Crippen LogP contribution in [0, 0.1) is 5.92 Å². The van der Waals surface area contributed by atoms with E-state index in [0.29, 0.717) is 0 Å². The summed E-state index contributed by atoms with van der Waals surface area (Å²) in [6, 6.07) is 0. The second-order valence-electron chi connectivity index (χ2n) is 3.30. The average Bonchev–Trinajstić information content (AvgIpc) is 1.86. The van der Waals surface area contributed by atoms with Crippen molar-refractivity contribution in [2.45, 2.75) is 38.6 Å². The Morgan fingerprint density at radius 2 is 2.25 bits per heavy atom. The quantitative estimate of drug-likeness (QED) is 0.506. The monoisotopic (exact) mass is 113 g/mol. The first kappa shape index (κ1) is 6.09. The van der Waals surface area contributed by atoms with Gasteiger partial charge in [-0.05, 0) is 25.7 Å². The van der Waals surface area contributed by atoms with Crippen molar-refractivity contribution in [1.29, 1.82) is 0 Å². The Kier molecular flexibility index (Phi) is 1.31. The molecule has 1 saturated carbocycles. The topological polar surface area (TPSA) is 26.0 Å². The van der Waals surface area contributed by atoms with Crippen LogP contribution in [0.1, 0.15) is 33.1 Å². The van der Waals surface area contributed by atoms with E-state index in [4.69, 9.17) is 5.73 Å². The second kappa shape index (κ2) is 1.73. The molecule has 2 atom stereocenters. The Balaban J connectivity index is 2.54. The van der Waals surface area contributed by atoms with Gasteiger partial charge in [-0.25, -0.2) is 0 Å². The fourth-order valence-electron chi connectivity index (χ4n) is 1.37. The molecule has 8 heavy (non-hydrogen) atoms. The van der Waals surface area contributed by atoms with Crippen molar-refractivity contribution >= 4 is 0 Å². The van der Waals surface area contributed by atoms with Crippen molar-refractivity contribution < 1.29 is 0 Å². The van der Waals surface area contributed by atoms with Gasteiger partial charge in [0.15, 0.2) is 0 Å². The lowest BCUT2D eigenvalue weighted by Crippen LogP contribution is -2.38. The number of hydrogen-bond acceptors (Lipinski definition) is 1. The molecule has 0 bridgehead atoms. The van der Waals surface area contributed by atoms with Crippen molar-refractivity contribution in [3.63, 3.8) is 0 Å². The third kappa shape index (κ3) is 0.873. The molecule has 0 amide bonds. The van der Waals surface area contributed by atoms with Gasteiger partial charge in [-0.3, -0.25) is 0 Å². The first-order valence-corrected chi connectivity index (χ1v) is 3.42. The van der Waals surface area contributed by atoms with Crippen molar-refractivity contribution in [1.82, 2.24) is 0 Å². The third-order valence-corrected chi connectivity index (χ3v) is 2.48. The highest BCUT2D eigenvalue weighted by molar-refractivity contribution is 4.89. The van der Waals surface area contributed by atoms with E-state index in [1.54, 1.807) is 0 Å². The van der Waals surface area contributed by atoms with Gasteiger partial charge < -0.3 is 5.73 Å². The van der Waals surface area contributed by atoms with Gasteiger partial charge in [-0.15, -0.1) is 0 Å². The van der Waals surface area contributed by atoms with Gasteiger partial charge >= 0.3 is 0 Å². The van der Waals surface area contributed by atoms with Crippen LogP contribution in [0.5, 0.6) is 0 Å². The molecule has 0 aromatic rings. The van der Waals surface area contributed by atoms with Gasteiger partial charge in [0.25, 0.3) is 0 Å². The summed E-state index contributed by atoms with van der Waals surface area (Å²) in [5, 5.41) is 0. The summed E-state index contributed by atoms with van der Waals surface area (Å²) in [5.41, 5.74) is 6.07. The predicted octanol–water partition coefficient (Wildman–Crippen LogP) is 1.52. The van der Waals surface area contributed by atoms with Crippen LogP contribution >= 0.6 is 0 Å². The molecular formula is C7H15N. The number of hydrogen-bond donors (Lipinski definition) is 1. The Labute approximate surface area is 51.3 Å². The summed E-state index contributed by atoms with van der Waals surface area (Å²) < 4.78 is 0. The predicted molar refractivity (Wildman–Crippen MR) is 35.6 cm³/mol. The summed E-state index contributed by atoms with van der Waals surface area (Å²) in [6.45, 7) is 4.40. The molecular weight excluding hydrogens is 98.1 g/mol. The van der Waals surface area contributed by atoms with Gasteiger partial charge in [-0.1, -0.05) is 13.3 Å². The first-order chi connectivity index (χ1) is 3.63. The van der Waals surface area contributed by atoms with Gasteiger partial charge in [0.2, 0.25) is 0 Å². The molecule has 0 heterocycles. The third-order valence-electron chi connectivity index (χ3n) is 2.48. The van der Waals surface area contributed by atoms with Crippen LogP contribution in [-0.2, 0) is 0 Å². The van der Waals surface area contributed by atoms with Crippen molar-refractivity contribution in [2.24, 2.45) is 11.7 Å². The standard InChI is InChI=1S/C7H15N/c1-6-4-3-5-7(6,2)8/h6H,3-5,8H2,1-2H3/t6?,7-/m0/s1. The van der Waals surface area contributed by atoms with Crippen molar-refractivity contribution in [2.75, 3.05) is 0 Å². The maximum Gasteiger partial charge on any atom is 0.0151 e. The Morgan fingerprint density at radius 1 is 1.62 bits per heavy atom. The zero-order chi connectivity index (χ0) is 6.20. The van der Waals surface area contributed by atoms with Crippen LogP contribution in [0.2, 0.25) is 0 Å². The Bertz CT molecular complexity index is 86.4. The van der Waals surface area contributed by atoms with E-state index in [-0.39, 0.29) is 5.54 Å². The van der Waals surface area contributed by atoms with Crippen LogP contribution in [0.25, 0.3) is 0 Å².